The van der Waals surface area contributed by atoms with Crippen molar-refractivity contribution < 1.29 is 52.7 Å². The van der Waals surface area contributed by atoms with Gasteiger partial charge in [0.15, 0.2) is 0 Å². The lowest BCUT2D eigenvalue weighted by atomic mass is 10.0. The third-order valence-electron chi connectivity index (χ3n) is 6.44. The highest BCUT2D eigenvalue weighted by Crippen LogP contribution is 2.38. The summed E-state index contributed by atoms with van der Waals surface area (Å²) < 4.78 is 138. The molecule has 0 fully saturated rings. The maximum atomic E-state index is 14.2. The Morgan fingerprint density at radius 3 is 2.28 bits per heavy atom. The second kappa shape index (κ2) is 11.7. The molecule has 0 radical (unpaired) electrons. The number of sulfonamides is 2. The molecule has 17 heteroatoms. The molecule has 0 spiro atoms. The molecule has 0 bridgehead atoms. The van der Waals surface area contributed by atoms with Crippen LogP contribution in [0.2, 0.25) is 0 Å². The van der Waals surface area contributed by atoms with Gasteiger partial charge >= 0.3 is 12.8 Å². The van der Waals surface area contributed by atoms with Gasteiger partial charge in [-0.2, -0.15) is 22.0 Å². The summed E-state index contributed by atoms with van der Waals surface area (Å²) in [5, 5.41) is 0. The number of ether oxygens (including phenoxy) is 1. The molecule has 1 aliphatic heterocycles. The zero-order chi connectivity index (χ0) is 31.9. The number of carbonyl (C=O) groups excluding carboxylic acids is 1. The number of rotatable bonds is 9. The second-order valence-electron chi connectivity index (χ2n) is 9.47. The zero-order valence-corrected chi connectivity index (χ0v) is 24.0. The summed E-state index contributed by atoms with van der Waals surface area (Å²) in [5.41, 5.74) is -1.81. The Morgan fingerprint density at radius 2 is 1.65 bits per heavy atom. The van der Waals surface area contributed by atoms with Crippen LogP contribution in [0.5, 0.6) is 5.75 Å². The molecule has 0 atom stereocenters. The van der Waals surface area contributed by atoms with Crippen LogP contribution >= 0.6 is 0 Å². The minimum atomic E-state index is -4.88. The standard InChI is InChI=1S/C26H23F6N3O6S2/c1-33(2)42(37,38)9-8-34-15-35(43(39,40)21-5-3-4-18(13-21)26(30,31)32)23-12-16(6-7-22(23)24(34)36)17-10-19(27)14-20(11-17)41-25(28)29/h3-7,10-14,25H,8-9,15H2,1-2H3. The van der Waals surface area contributed by atoms with Gasteiger partial charge in [-0.25, -0.2) is 29.8 Å². The van der Waals surface area contributed by atoms with Gasteiger partial charge in [0.2, 0.25) is 10.0 Å². The zero-order valence-electron chi connectivity index (χ0n) is 22.3. The molecule has 3 aromatic carbocycles. The number of hydrogen-bond acceptors (Lipinski definition) is 6. The average molecular weight is 652 g/mol. The van der Waals surface area contributed by atoms with Crippen molar-refractivity contribution in [2.45, 2.75) is 17.7 Å². The molecule has 0 aliphatic carbocycles. The number of benzene rings is 3. The second-order valence-corrected chi connectivity index (χ2v) is 13.6. The van der Waals surface area contributed by atoms with Crippen molar-refractivity contribution in [1.82, 2.24) is 9.21 Å². The van der Waals surface area contributed by atoms with E-state index in [2.05, 4.69) is 4.74 Å². The first-order valence-corrected chi connectivity index (χ1v) is 15.2. The number of alkyl halides is 5. The Hall–Kier alpha value is -3.83. The Bertz CT molecular complexity index is 1770. The Balaban J connectivity index is 1.86. The SMILES string of the molecule is CN(C)S(=O)(=O)CCN1CN(S(=O)(=O)c2cccc(C(F)(F)F)c2)c2cc(-c3cc(F)cc(OC(F)F)c3)ccc2C1=O. The van der Waals surface area contributed by atoms with E-state index in [9.17, 15) is 48.0 Å². The molecule has 1 heterocycles. The summed E-state index contributed by atoms with van der Waals surface area (Å²) in [4.78, 5) is 13.5. The Labute approximate surface area is 243 Å². The van der Waals surface area contributed by atoms with Crippen LogP contribution in [0.3, 0.4) is 0 Å². The van der Waals surface area contributed by atoms with Crippen LogP contribution in [-0.2, 0) is 26.2 Å². The van der Waals surface area contributed by atoms with Gasteiger partial charge < -0.3 is 9.64 Å². The monoisotopic (exact) mass is 651 g/mol. The van der Waals surface area contributed by atoms with Crippen LogP contribution in [0.1, 0.15) is 15.9 Å². The highest BCUT2D eigenvalue weighted by atomic mass is 32.2. The van der Waals surface area contributed by atoms with Gasteiger partial charge in [-0.15, -0.1) is 0 Å². The van der Waals surface area contributed by atoms with E-state index in [0.29, 0.717) is 22.5 Å². The molecule has 0 N–H and O–H groups in total. The van der Waals surface area contributed by atoms with Gasteiger partial charge in [0.05, 0.1) is 27.5 Å². The lowest BCUT2D eigenvalue weighted by Crippen LogP contribution is -2.50. The third kappa shape index (κ3) is 6.88. The molecule has 0 saturated carbocycles. The van der Waals surface area contributed by atoms with E-state index in [1.807, 2.05) is 0 Å². The highest BCUT2D eigenvalue weighted by molar-refractivity contribution is 7.92. The number of halogens is 6. The summed E-state index contributed by atoms with van der Waals surface area (Å²) in [6.07, 6.45) is -4.88. The first-order chi connectivity index (χ1) is 19.9. The first-order valence-electron chi connectivity index (χ1n) is 12.2. The van der Waals surface area contributed by atoms with Crippen molar-refractivity contribution in [3.8, 4) is 16.9 Å². The molecule has 0 unspecified atom stereocenters. The lowest BCUT2D eigenvalue weighted by molar-refractivity contribution is -0.137. The summed E-state index contributed by atoms with van der Waals surface area (Å²) in [6, 6.07) is 9.14. The summed E-state index contributed by atoms with van der Waals surface area (Å²) in [5.74, 6) is -2.89. The van der Waals surface area contributed by atoms with Crippen molar-refractivity contribution in [1.29, 1.82) is 0 Å². The fraction of sp³-hybridized carbons (Fsp3) is 0.269. The van der Waals surface area contributed by atoms with E-state index in [4.69, 9.17) is 0 Å². The summed E-state index contributed by atoms with van der Waals surface area (Å²) in [6.45, 7) is -4.52. The van der Waals surface area contributed by atoms with Gasteiger partial charge in [0.25, 0.3) is 15.9 Å². The van der Waals surface area contributed by atoms with E-state index >= 15 is 0 Å². The fourth-order valence-corrected chi connectivity index (χ4v) is 6.51. The normalized spacial score (nSPS) is 14.4. The van der Waals surface area contributed by atoms with Gasteiger partial charge in [-0.3, -0.25) is 4.79 Å². The van der Waals surface area contributed by atoms with Crippen molar-refractivity contribution in [2.75, 3.05) is 37.4 Å². The van der Waals surface area contributed by atoms with Crippen LogP contribution < -0.4 is 9.04 Å². The molecule has 4 rings (SSSR count). The van der Waals surface area contributed by atoms with E-state index < -0.39 is 79.7 Å². The number of hydrogen-bond donors (Lipinski definition) is 0. The smallest absolute Gasteiger partial charge is 0.416 e. The van der Waals surface area contributed by atoms with E-state index in [1.165, 1.54) is 20.2 Å². The number of anilines is 1. The van der Waals surface area contributed by atoms with Gasteiger partial charge in [0.1, 0.15) is 18.2 Å². The topological polar surface area (TPSA) is 104 Å². The molecule has 0 aromatic heterocycles. The van der Waals surface area contributed by atoms with Gasteiger partial charge in [0, 0.05) is 26.7 Å². The van der Waals surface area contributed by atoms with Gasteiger partial charge in [-0.05, 0) is 53.6 Å². The molecule has 1 amide bonds. The van der Waals surface area contributed by atoms with Crippen LogP contribution in [0.25, 0.3) is 11.1 Å². The molecule has 1 aliphatic rings. The molecule has 43 heavy (non-hydrogen) atoms. The molecule has 3 aromatic rings. The largest absolute Gasteiger partial charge is 0.435 e. The Morgan fingerprint density at radius 1 is 0.953 bits per heavy atom. The molecule has 232 valence electrons. The number of carbonyl (C=O) groups is 1. The maximum absolute atomic E-state index is 14.2. The molecule has 9 nitrogen and oxygen atoms in total. The minimum absolute atomic E-state index is 0.0400. The van der Waals surface area contributed by atoms with Crippen molar-refractivity contribution in [2.24, 2.45) is 0 Å². The van der Waals surface area contributed by atoms with Crippen LogP contribution in [0.4, 0.5) is 32.0 Å². The average Bonchev–Trinajstić information content (AvgIpc) is 2.91. The number of fused-ring (bicyclic) bond motifs is 1. The van der Waals surface area contributed by atoms with E-state index in [-0.39, 0.29) is 22.4 Å². The number of amides is 1. The highest BCUT2D eigenvalue weighted by Gasteiger charge is 2.39. The van der Waals surface area contributed by atoms with E-state index in [0.717, 1.165) is 45.6 Å². The molecule has 0 saturated heterocycles. The molecular weight excluding hydrogens is 628 g/mol. The van der Waals surface area contributed by atoms with E-state index in [1.54, 1.807) is 0 Å². The quantitative estimate of drug-likeness (QED) is 0.313. The summed E-state index contributed by atoms with van der Waals surface area (Å²) in [7, 11) is -6.15. The molecular formula is C26H23F6N3O6S2. The predicted molar refractivity (Wildman–Crippen MR) is 143 cm³/mol. The fourth-order valence-electron chi connectivity index (χ4n) is 4.21. The maximum Gasteiger partial charge on any atom is 0.416 e. The summed E-state index contributed by atoms with van der Waals surface area (Å²) >= 11 is 0. The van der Waals surface area contributed by atoms with Crippen LogP contribution in [0, 0.1) is 5.82 Å². The van der Waals surface area contributed by atoms with Gasteiger partial charge in [-0.1, -0.05) is 12.1 Å². The van der Waals surface area contributed by atoms with Crippen molar-refractivity contribution in [3.63, 3.8) is 0 Å². The van der Waals surface area contributed by atoms with Crippen molar-refractivity contribution in [3.05, 3.63) is 77.6 Å². The Kier molecular flexibility index (Phi) is 8.72. The lowest BCUT2D eigenvalue weighted by Gasteiger charge is -2.37. The third-order valence-corrected chi connectivity index (χ3v) is 9.99. The predicted octanol–water partition coefficient (Wildman–Crippen LogP) is 4.61. The minimum Gasteiger partial charge on any atom is -0.435 e. The number of nitrogens with zero attached hydrogens (tertiary/aromatic N) is 3. The first kappa shape index (κ1) is 32.1. The van der Waals surface area contributed by atoms with Crippen LogP contribution in [-0.4, -0.2) is 71.6 Å². The van der Waals surface area contributed by atoms with Crippen LogP contribution in [0.15, 0.2) is 65.6 Å². The van der Waals surface area contributed by atoms with Crippen molar-refractivity contribution >= 4 is 31.6 Å².